The highest BCUT2D eigenvalue weighted by molar-refractivity contribution is 5.78. The number of hydrogen-bond acceptors (Lipinski definition) is 3. The number of carbonyl (C=O) groups excluding carboxylic acids is 1. The summed E-state index contributed by atoms with van der Waals surface area (Å²) in [6.45, 7) is 9.91. The van der Waals surface area contributed by atoms with Gasteiger partial charge in [0.1, 0.15) is 0 Å². The van der Waals surface area contributed by atoms with Crippen LogP contribution in [-0.4, -0.2) is 59.6 Å². The van der Waals surface area contributed by atoms with E-state index in [-0.39, 0.29) is 12.0 Å². The molecule has 0 saturated carbocycles. The number of hydrogen-bond donors (Lipinski definition) is 1. The van der Waals surface area contributed by atoms with Crippen LogP contribution in [0.15, 0.2) is 0 Å². The Bertz CT molecular complexity index is 258. The third kappa shape index (κ3) is 4.58. The lowest BCUT2D eigenvalue weighted by Gasteiger charge is -2.35. The first-order chi connectivity index (χ1) is 8.58. The molecule has 0 bridgehead atoms. The van der Waals surface area contributed by atoms with Gasteiger partial charge < -0.3 is 10.0 Å². The zero-order chi connectivity index (χ0) is 13.5. The summed E-state index contributed by atoms with van der Waals surface area (Å²) in [7, 11) is 0. The summed E-state index contributed by atoms with van der Waals surface area (Å²) in [5, 5.41) is 9.83. The second kappa shape index (κ2) is 7.74. The summed E-state index contributed by atoms with van der Waals surface area (Å²) in [5.74, 6) is 0.562. The van der Waals surface area contributed by atoms with E-state index in [2.05, 4.69) is 18.7 Å². The minimum Gasteiger partial charge on any atom is -0.392 e. The maximum absolute atomic E-state index is 12.1. The molecule has 1 amide bonds. The maximum atomic E-state index is 12.1. The van der Waals surface area contributed by atoms with Crippen molar-refractivity contribution in [3.8, 4) is 0 Å². The molecule has 2 unspecified atom stereocenters. The minimum absolute atomic E-state index is 0.202. The number of likely N-dealkylation sites (N-methyl/N-ethyl adjacent to an activating group) is 1. The highest BCUT2D eigenvalue weighted by Gasteiger charge is 2.26. The zero-order valence-electron chi connectivity index (χ0n) is 12.1. The lowest BCUT2D eigenvalue weighted by molar-refractivity contribution is -0.133. The van der Waals surface area contributed by atoms with E-state index in [1.54, 1.807) is 0 Å². The molecule has 1 rings (SSSR count). The van der Waals surface area contributed by atoms with Crippen LogP contribution in [0.2, 0.25) is 0 Å². The van der Waals surface area contributed by atoms with Gasteiger partial charge in [0, 0.05) is 19.6 Å². The van der Waals surface area contributed by atoms with Gasteiger partial charge >= 0.3 is 0 Å². The highest BCUT2D eigenvalue weighted by atomic mass is 16.3. The fourth-order valence-corrected chi connectivity index (χ4v) is 2.36. The molecule has 0 aromatic heterocycles. The molecule has 0 aromatic rings. The normalized spacial score (nSPS) is 25.1. The number of carbonyl (C=O) groups is 1. The molecule has 1 fully saturated rings. The van der Waals surface area contributed by atoms with E-state index in [0.29, 0.717) is 19.0 Å². The second-order valence-corrected chi connectivity index (χ2v) is 5.40. The molecule has 18 heavy (non-hydrogen) atoms. The van der Waals surface area contributed by atoms with Crippen molar-refractivity contribution in [2.75, 3.05) is 32.7 Å². The molecule has 2 atom stereocenters. The fourth-order valence-electron chi connectivity index (χ4n) is 2.36. The van der Waals surface area contributed by atoms with E-state index in [1.165, 1.54) is 0 Å². The van der Waals surface area contributed by atoms with Gasteiger partial charge in [-0.2, -0.15) is 0 Å². The van der Waals surface area contributed by atoms with Crippen LogP contribution < -0.4 is 0 Å². The Morgan fingerprint density at radius 2 is 2.17 bits per heavy atom. The summed E-state index contributed by atoms with van der Waals surface area (Å²) >= 11 is 0. The molecule has 1 N–H and O–H groups in total. The van der Waals surface area contributed by atoms with E-state index in [9.17, 15) is 9.90 Å². The Morgan fingerprint density at radius 3 is 2.72 bits per heavy atom. The van der Waals surface area contributed by atoms with Crippen LogP contribution >= 0.6 is 0 Å². The van der Waals surface area contributed by atoms with E-state index < -0.39 is 0 Å². The quantitative estimate of drug-likeness (QED) is 0.780. The van der Waals surface area contributed by atoms with Crippen LogP contribution in [0, 0.1) is 5.92 Å². The smallest absolute Gasteiger partial charge is 0.236 e. The van der Waals surface area contributed by atoms with Crippen LogP contribution in [-0.2, 0) is 4.79 Å². The van der Waals surface area contributed by atoms with Crippen molar-refractivity contribution in [3.63, 3.8) is 0 Å². The van der Waals surface area contributed by atoms with Crippen LogP contribution in [0.1, 0.15) is 40.0 Å². The number of nitrogens with zero attached hydrogens (tertiary/aromatic N) is 2. The van der Waals surface area contributed by atoms with Gasteiger partial charge in [-0.15, -0.1) is 0 Å². The Morgan fingerprint density at radius 1 is 1.44 bits per heavy atom. The summed E-state index contributed by atoms with van der Waals surface area (Å²) in [6.07, 6.45) is 2.88. The van der Waals surface area contributed by atoms with Crippen molar-refractivity contribution in [1.29, 1.82) is 0 Å². The molecule has 0 aliphatic carbocycles. The molecule has 0 spiro atoms. The second-order valence-electron chi connectivity index (χ2n) is 5.40. The molecule has 1 aliphatic heterocycles. The number of piperidine rings is 1. The van der Waals surface area contributed by atoms with Crippen molar-refractivity contribution in [3.05, 3.63) is 0 Å². The number of amides is 1. The van der Waals surface area contributed by atoms with Crippen molar-refractivity contribution in [1.82, 2.24) is 9.80 Å². The van der Waals surface area contributed by atoms with Gasteiger partial charge in [0.15, 0.2) is 0 Å². The van der Waals surface area contributed by atoms with Gasteiger partial charge in [0.25, 0.3) is 0 Å². The number of β-amino-alcohol motifs (C(OH)–C–C–N with tert-alkyl or cyclic N) is 1. The average molecular weight is 256 g/mol. The Labute approximate surface area is 111 Å². The lowest BCUT2D eigenvalue weighted by Crippen LogP contribution is -2.48. The highest BCUT2D eigenvalue weighted by Crippen LogP contribution is 2.16. The van der Waals surface area contributed by atoms with Crippen LogP contribution in [0.25, 0.3) is 0 Å². The molecular weight excluding hydrogens is 228 g/mol. The standard InChI is InChI=1S/C14H28N2O2/c1-4-6-8-16(5-2)14(18)11-15-9-7-12(3)13(17)10-15/h12-13,17H,4-11H2,1-3H3. The van der Waals surface area contributed by atoms with E-state index in [0.717, 1.165) is 38.9 Å². The van der Waals surface area contributed by atoms with E-state index in [1.807, 2.05) is 11.8 Å². The van der Waals surface area contributed by atoms with E-state index >= 15 is 0 Å². The molecule has 0 aromatic carbocycles. The van der Waals surface area contributed by atoms with Gasteiger partial charge in [-0.1, -0.05) is 20.3 Å². The Hall–Kier alpha value is -0.610. The molecular formula is C14H28N2O2. The topological polar surface area (TPSA) is 43.8 Å². The summed E-state index contributed by atoms with van der Waals surface area (Å²) in [4.78, 5) is 16.1. The summed E-state index contributed by atoms with van der Waals surface area (Å²) < 4.78 is 0. The van der Waals surface area contributed by atoms with Gasteiger partial charge in [-0.3, -0.25) is 9.69 Å². The van der Waals surface area contributed by atoms with Crippen molar-refractivity contribution >= 4 is 5.91 Å². The molecule has 4 nitrogen and oxygen atoms in total. The number of aliphatic hydroxyl groups is 1. The van der Waals surface area contributed by atoms with E-state index in [4.69, 9.17) is 0 Å². The predicted molar refractivity (Wildman–Crippen MR) is 73.4 cm³/mol. The van der Waals surface area contributed by atoms with Crippen molar-refractivity contribution < 1.29 is 9.90 Å². The first kappa shape index (κ1) is 15.4. The zero-order valence-corrected chi connectivity index (χ0v) is 12.1. The Kier molecular flexibility index (Phi) is 6.65. The molecule has 1 saturated heterocycles. The van der Waals surface area contributed by atoms with Crippen LogP contribution in [0.4, 0.5) is 0 Å². The molecule has 4 heteroatoms. The van der Waals surface area contributed by atoms with Gasteiger partial charge in [0.05, 0.1) is 12.6 Å². The number of likely N-dealkylation sites (tertiary alicyclic amines) is 1. The molecule has 106 valence electrons. The van der Waals surface area contributed by atoms with Crippen molar-refractivity contribution in [2.24, 2.45) is 5.92 Å². The van der Waals surface area contributed by atoms with Gasteiger partial charge in [-0.25, -0.2) is 0 Å². The summed E-state index contributed by atoms with van der Waals surface area (Å²) in [6, 6.07) is 0. The van der Waals surface area contributed by atoms with Crippen LogP contribution in [0.3, 0.4) is 0 Å². The Balaban J connectivity index is 2.38. The molecule has 1 aliphatic rings. The fraction of sp³-hybridized carbons (Fsp3) is 0.929. The SMILES string of the molecule is CCCCN(CC)C(=O)CN1CCC(C)C(O)C1. The van der Waals surface area contributed by atoms with Crippen molar-refractivity contribution in [2.45, 2.75) is 46.1 Å². The predicted octanol–water partition coefficient (Wildman–Crippen LogP) is 1.34. The number of rotatable bonds is 6. The number of aliphatic hydroxyl groups excluding tert-OH is 1. The number of unbranched alkanes of at least 4 members (excludes halogenated alkanes) is 1. The third-order valence-electron chi connectivity index (χ3n) is 3.88. The average Bonchev–Trinajstić information content (AvgIpc) is 2.35. The maximum Gasteiger partial charge on any atom is 0.236 e. The molecule has 1 heterocycles. The first-order valence-corrected chi connectivity index (χ1v) is 7.26. The van der Waals surface area contributed by atoms with Gasteiger partial charge in [0.2, 0.25) is 5.91 Å². The molecule has 0 radical (unpaired) electrons. The minimum atomic E-state index is -0.280. The largest absolute Gasteiger partial charge is 0.392 e. The van der Waals surface area contributed by atoms with Gasteiger partial charge in [-0.05, 0) is 32.2 Å². The third-order valence-corrected chi connectivity index (χ3v) is 3.88. The monoisotopic (exact) mass is 256 g/mol. The van der Waals surface area contributed by atoms with Crippen LogP contribution in [0.5, 0.6) is 0 Å². The summed E-state index contributed by atoms with van der Waals surface area (Å²) in [5.41, 5.74) is 0. The lowest BCUT2D eigenvalue weighted by atomic mass is 9.96. The first-order valence-electron chi connectivity index (χ1n) is 7.26.